The minimum Gasteiger partial charge on any atom is -0.481 e. The van der Waals surface area contributed by atoms with Gasteiger partial charge in [-0.1, -0.05) is 6.58 Å². The van der Waals surface area contributed by atoms with E-state index in [2.05, 4.69) is 21.6 Å². The molecular weight excluding hydrogens is 266 g/mol. The number of thioether (sulfide) groups is 1. The first kappa shape index (κ1) is 15.9. The molecule has 0 bridgehead atoms. The van der Waals surface area contributed by atoms with E-state index in [1.807, 2.05) is 0 Å². The number of hydroxylamine groups is 1. The van der Waals surface area contributed by atoms with Crippen molar-refractivity contribution in [1.82, 2.24) is 14.5 Å². The van der Waals surface area contributed by atoms with Gasteiger partial charge in [0, 0.05) is 25.7 Å². The lowest BCUT2D eigenvalue weighted by Crippen LogP contribution is -2.29. The maximum absolute atomic E-state index is 11.3. The fourth-order valence-electron chi connectivity index (χ4n) is 0.544. The molecule has 0 aliphatic rings. The Hall–Kier alpha value is -1.06. The Morgan fingerprint density at radius 3 is 2.71 bits per heavy atom. The lowest BCUT2D eigenvalue weighted by atomic mass is 10.5. The molecule has 7 nitrogen and oxygen atoms in total. The van der Waals surface area contributed by atoms with Gasteiger partial charge in [0.05, 0.1) is 11.4 Å². The highest BCUT2D eigenvalue weighted by Gasteiger charge is 2.11. The number of aliphatic carboxylic acids is 1. The third kappa shape index (κ3) is 8.72. The van der Waals surface area contributed by atoms with Gasteiger partial charge in [-0.3, -0.25) is 4.79 Å². The number of hydrogen-bond donors (Lipinski definition) is 3. The molecule has 0 aromatic heterocycles. The Balaban J connectivity index is 3.67. The topological polar surface area (TPSA) is 90.9 Å². The molecule has 0 fully saturated rings. The highest BCUT2D eigenvalue weighted by Crippen LogP contribution is 2.06. The van der Waals surface area contributed by atoms with Crippen molar-refractivity contribution >= 4 is 36.0 Å². The summed E-state index contributed by atoms with van der Waals surface area (Å²) in [6.45, 7) is 3.82. The van der Waals surface area contributed by atoms with Crippen molar-refractivity contribution in [2.24, 2.45) is 0 Å². The van der Waals surface area contributed by atoms with Crippen molar-refractivity contribution in [3.63, 3.8) is 0 Å². The van der Waals surface area contributed by atoms with Crippen LogP contribution in [-0.4, -0.2) is 41.3 Å². The summed E-state index contributed by atoms with van der Waals surface area (Å²) in [7, 11) is 1.49. The SMILES string of the molecule is C=C(NOC(=O)N(C)SNCCC(=O)O)SC. The van der Waals surface area contributed by atoms with Gasteiger partial charge in [-0.25, -0.2) is 19.3 Å². The molecule has 9 heteroatoms. The number of carbonyl (C=O) groups excluding carboxylic acids is 1. The quantitative estimate of drug-likeness (QED) is 0.345. The third-order valence-corrected chi connectivity index (χ3v) is 2.73. The Morgan fingerprint density at radius 1 is 1.53 bits per heavy atom. The molecule has 98 valence electrons. The van der Waals surface area contributed by atoms with Gasteiger partial charge in [0.1, 0.15) is 0 Å². The molecule has 0 saturated carbocycles. The van der Waals surface area contributed by atoms with Crippen LogP contribution < -0.4 is 10.2 Å². The van der Waals surface area contributed by atoms with Crippen LogP contribution >= 0.6 is 23.9 Å². The lowest BCUT2D eigenvalue weighted by Gasteiger charge is -2.15. The van der Waals surface area contributed by atoms with E-state index >= 15 is 0 Å². The maximum atomic E-state index is 11.3. The molecule has 0 aromatic carbocycles. The molecular formula is C8H15N3O4S2. The van der Waals surface area contributed by atoms with E-state index < -0.39 is 12.1 Å². The second-order valence-electron chi connectivity index (χ2n) is 2.72. The number of carboxylic acid groups (broad SMARTS) is 1. The van der Waals surface area contributed by atoms with Crippen molar-refractivity contribution in [3.8, 4) is 0 Å². The molecule has 0 spiro atoms. The summed E-state index contributed by atoms with van der Waals surface area (Å²) in [6.07, 6.45) is 1.15. The molecule has 0 aliphatic heterocycles. The number of carboxylic acids is 1. The first-order chi connectivity index (χ1) is 7.97. The number of hydrogen-bond acceptors (Lipinski definition) is 7. The molecule has 3 N–H and O–H groups in total. The van der Waals surface area contributed by atoms with Crippen LogP contribution in [0.5, 0.6) is 0 Å². The second kappa shape index (κ2) is 9.02. The summed E-state index contributed by atoms with van der Waals surface area (Å²) >= 11 is 2.27. The highest BCUT2D eigenvalue weighted by molar-refractivity contribution is 8.02. The highest BCUT2D eigenvalue weighted by atomic mass is 32.2. The lowest BCUT2D eigenvalue weighted by molar-refractivity contribution is -0.136. The molecule has 0 heterocycles. The van der Waals surface area contributed by atoms with E-state index in [9.17, 15) is 9.59 Å². The van der Waals surface area contributed by atoms with Crippen LogP contribution in [-0.2, 0) is 9.63 Å². The first-order valence-electron chi connectivity index (χ1n) is 4.52. The molecule has 1 amide bonds. The average Bonchev–Trinajstić information content (AvgIpc) is 2.30. The summed E-state index contributed by atoms with van der Waals surface area (Å²) in [5.41, 5.74) is 2.36. The normalized spacial score (nSPS) is 9.53. The number of rotatable bonds is 8. The Bertz CT molecular complexity index is 288. The van der Waals surface area contributed by atoms with Gasteiger partial charge in [0.2, 0.25) is 0 Å². The van der Waals surface area contributed by atoms with Gasteiger partial charge in [-0.2, -0.15) is 0 Å². The van der Waals surface area contributed by atoms with E-state index in [0.29, 0.717) is 5.03 Å². The standard InChI is InChI=1S/C8H15N3O4S2/c1-6(16-3)10-15-8(14)11(2)17-9-5-4-7(12)13/h9-10H,1,4-5H2,2-3H3,(H,12,13). The van der Waals surface area contributed by atoms with Crippen molar-refractivity contribution in [3.05, 3.63) is 11.6 Å². The van der Waals surface area contributed by atoms with Crippen LogP contribution in [0, 0.1) is 0 Å². The van der Waals surface area contributed by atoms with Crippen LogP contribution in [0.4, 0.5) is 4.79 Å². The van der Waals surface area contributed by atoms with Gasteiger partial charge in [0.25, 0.3) is 0 Å². The van der Waals surface area contributed by atoms with Crippen molar-refractivity contribution < 1.29 is 19.5 Å². The van der Waals surface area contributed by atoms with E-state index in [0.717, 1.165) is 12.1 Å². The predicted molar refractivity (Wildman–Crippen MR) is 67.9 cm³/mol. The Morgan fingerprint density at radius 2 is 2.18 bits per heavy atom. The molecule has 0 rings (SSSR count). The van der Waals surface area contributed by atoms with E-state index in [1.165, 1.54) is 23.1 Å². The van der Waals surface area contributed by atoms with Crippen molar-refractivity contribution in [1.29, 1.82) is 0 Å². The molecule has 0 saturated heterocycles. The molecule has 0 aliphatic carbocycles. The minimum atomic E-state index is -0.902. The Labute approximate surface area is 108 Å². The van der Waals surface area contributed by atoms with E-state index in [1.54, 1.807) is 6.26 Å². The molecule has 17 heavy (non-hydrogen) atoms. The maximum Gasteiger partial charge on any atom is 0.444 e. The van der Waals surface area contributed by atoms with Gasteiger partial charge < -0.3 is 9.94 Å². The van der Waals surface area contributed by atoms with Crippen LogP contribution in [0.15, 0.2) is 11.6 Å². The molecule has 0 unspecified atom stereocenters. The Kier molecular flexibility index (Phi) is 8.46. The molecule has 0 radical (unpaired) electrons. The summed E-state index contributed by atoms with van der Waals surface area (Å²) in [5, 5.41) is 8.89. The van der Waals surface area contributed by atoms with Crippen LogP contribution in [0.1, 0.15) is 6.42 Å². The molecule has 0 aromatic rings. The fourth-order valence-corrected chi connectivity index (χ4v) is 1.17. The smallest absolute Gasteiger partial charge is 0.444 e. The van der Waals surface area contributed by atoms with Crippen LogP contribution in [0.3, 0.4) is 0 Å². The summed E-state index contributed by atoms with van der Waals surface area (Å²) in [4.78, 5) is 26.2. The first-order valence-corrected chi connectivity index (χ1v) is 6.52. The summed E-state index contributed by atoms with van der Waals surface area (Å²) in [5.74, 6) is -0.902. The van der Waals surface area contributed by atoms with Crippen LogP contribution in [0.2, 0.25) is 0 Å². The third-order valence-electron chi connectivity index (χ3n) is 1.40. The number of nitrogens with zero attached hydrogens (tertiary/aromatic N) is 1. The van der Waals surface area contributed by atoms with Crippen molar-refractivity contribution in [2.45, 2.75) is 6.42 Å². The minimum absolute atomic E-state index is 0.0165. The van der Waals surface area contributed by atoms with Gasteiger partial charge in [-0.15, -0.1) is 11.8 Å². The average molecular weight is 281 g/mol. The number of carbonyl (C=O) groups is 2. The van der Waals surface area contributed by atoms with Crippen molar-refractivity contribution in [2.75, 3.05) is 19.8 Å². The van der Waals surface area contributed by atoms with E-state index in [4.69, 9.17) is 5.11 Å². The predicted octanol–water partition coefficient (Wildman–Crippen LogP) is 1.02. The second-order valence-corrected chi connectivity index (χ2v) is 4.64. The van der Waals surface area contributed by atoms with Crippen LogP contribution in [0.25, 0.3) is 0 Å². The number of amides is 1. The fraction of sp³-hybridized carbons (Fsp3) is 0.500. The van der Waals surface area contributed by atoms with Gasteiger partial charge in [0.15, 0.2) is 0 Å². The zero-order chi connectivity index (χ0) is 13.3. The van der Waals surface area contributed by atoms with E-state index in [-0.39, 0.29) is 13.0 Å². The zero-order valence-corrected chi connectivity index (χ0v) is 11.2. The summed E-state index contributed by atoms with van der Waals surface area (Å²) < 4.78 is 3.89. The molecule has 0 atom stereocenters. The van der Waals surface area contributed by atoms with Gasteiger partial charge >= 0.3 is 12.1 Å². The summed E-state index contributed by atoms with van der Waals surface area (Å²) in [6, 6.07) is 0. The monoisotopic (exact) mass is 281 g/mol. The largest absolute Gasteiger partial charge is 0.481 e. The van der Waals surface area contributed by atoms with Gasteiger partial charge in [-0.05, 0) is 6.26 Å². The zero-order valence-electron chi connectivity index (χ0n) is 9.56. The number of nitrogens with one attached hydrogen (secondary N) is 2.